The molecule has 6 nitrogen and oxygen atoms in total. The number of likely N-dealkylation sites (tertiary alicyclic amines) is 1. The van der Waals surface area contributed by atoms with Crippen molar-refractivity contribution in [2.45, 2.75) is 19.8 Å². The van der Waals surface area contributed by atoms with Gasteiger partial charge in [-0.25, -0.2) is 4.98 Å². The molecular formula is C20H21N3O3S2. The van der Waals surface area contributed by atoms with Gasteiger partial charge in [0, 0.05) is 13.1 Å². The van der Waals surface area contributed by atoms with Crippen LogP contribution >= 0.6 is 22.7 Å². The molecule has 0 spiro atoms. The van der Waals surface area contributed by atoms with E-state index in [0.717, 1.165) is 33.7 Å². The van der Waals surface area contributed by atoms with Crippen LogP contribution in [-0.2, 0) is 4.79 Å². The van der Waals surface area contributed by atoms with Crippen molar-refractivity contribution in [1.29, 1.82) is 0 Å². The first kappa shape index (κ1) is 18.9. The van der Waals surface area contributed by atoms with Crippen LogP contribution < -0.4 is 10.1 Å². The minimum atomic E-state index is -0.219. The highest BCUT2D eigenvalue weighted by Gasteiger charge is 2.29. The molecule has 28 heavy (non-hydrogen) atoms. The molecule has 1 fully saturated rings. The first-order valence-electron chi connectivity index (χ1n) is 9.31. The normalized spacial score (nSPS) is 16.9. The fraction of sp³-hybridized carbons (Fsp3) is 0.350. The van der Waals surface area contributed by atoms with Crippen molar-refractivity contribution in [3.05, 3.63) is 40.6 Å². The third-order valence-electron chi connectivity index (χ3n) is 4.71. The molecule has 1 aliphatic heterocycles. The minimum absolute atomic E-state index is 0.0101. The van der Waals surface area contributed by atoms with Gasteiger partial charge in [-0.2, -0.15) is 0 Å². The van der Waals surface area contributed by atoms with Crippen LogP contribution in [0.4, 0.5) is 5.13 Å². The Balaban J connectivity index is 1.43. The van der Waals surface area contributed by atoms with Crippen LogP contribution in [0.3, 0.4) is 0 Å². The van der Waals surface area contributed by atoms with Crippen LogP contribution in [0, 0.1) is 5.92 Å². The summed E-state index contributed by atoms with van der Waals surface area (Å²) in [5.41, 5.74) is 0.835. The summed E-state index contributed by atoms with van der Waals surface area (Å²) in [6, 6.07) is 9.42. The molecule has 2 aromatic heterocycles. The highest BCUT2D eigenvalue weighted by Crippen LogP contribution is 2.30. The smallest absolute Gasteiger partial charge is 0.263 e. The third-order valence-corrected chi connectivity index (χ3v) is 6.50. The molecule has 1 aliphatic rings. The first-order chi connectivity index (χ1) is 13.6. The zero-order valence-electron chi connectivity index (χ0n) is 15.5. The largest absolute Gasteiger partial charge is 0.494 e. The van der Waals surface area contributed by atoms with Crippen LogP contribution in [0.1, 0.15) is 29.4 Å². The van der Waals surface area contributed by atoms with Gasteiger partial charge in [-0.1, -0.05) is 17.4 Å². The summed E-state index contributed by atoms with van der Waals surface area (Å²) in [5.74, 6) is 0.513. The Kier molecular flexibility index (Phi) is 5.59. The van der Waals surface area contributed by atoms with Gasteiger partial charge in [0.05, 0.1) is 27.6 Å². The lowest BCUT2D eigenvalue weighted by Gasteiger charge is -2.31. The molecule has 1 saturated heterocycles. The van der Waals surface area contributed by atoms with Gasteiger partial charge in [0.25, 0.3) is 5.91 Å². The van der Waals surface area contributed by atoms with E-state index >= 15 is 0 Å². The quantitative estimate of drug-likeness (QED) is 0.676. The maximum Gasteiger partial charge on any atom is 0.263 e. The van der Waals surface area contributed by atoms with Gasteiger partial charge in [0.1, 0.15) is 5.75 Å². The van der Waals surface area contributed by atoms with E-state index in [-0.39, 0.29) is 17.7 Å². The number of rotatable bonds is 5. The predicted molar refractivity (Wildman–Crippen MR) is 112 cm³/mol. The Morgan fingerprint density at radius 3 is 3.04 bits per heavy atom. The molecule has 0 saturated carbocycles. The molecule has 8 heteroatoms. The number of thiophene rings is 1. The summed E-state index contributed by atoms with van der Waals surface area (Å²) >= 11 is 2.87. The van der Waals surface area contributed by atoms with Crippen molar-refractivity contribution in [3.8, 4) is 5.75 Å². The van der Waals surface area contributed by atoms with E-state index in [1.807, 2.05) is 42.6 Å². The van der Waals surface area contributed by atoms with Crippen LogP contribution in [0.2, 0.25) is 0 Å². The standard InChI is InChI=1S/C20H21N3O3S2/c1-2-26-14-7-8-15-17(11-14)28-20(21-15)22-18(24)13-5-3-9-23(12-13)19(25)16-6-4-10-27-16/h4,6-8,10-11,13H,2-3,5,9,12H2,1H3,(H,21,22,24)/t13-/m1/s1. The van der Waals surface area contributed by atoms with Crippen molar-refractivity contribution >= 4 is 49.8 Å². The van der Waals surface area contributed by atoms with Gasteiger partial charge in [-0.15, -0.1) is 11.3 Å². The first-order valence-corrected chi connectivity index (χ1v) is 11.0. The van der Waals surface area contributed by atoms with Gasteiger partial charge in [-0.3, -0.25) is 9.59 Å². The SMILES string of the molecule is CCOc1ccc2nc(NC(=O)[C@@H]3CCCN(C(=O)c4cccs4)C3)sc2c1. The Labute approximate surface area is 171 Å². The summed E-state index contributed by atoms with van der Waals surface area (Å²) in [6.45, 7) is 3.69. The number of hydrogen-bond donors (Lipinski definition) is 1. The van der Waals surface area contributed by atoms with E-state index in [2.05, 4.69) is 10.3 Å². The number of anilines is 1. The van der Waals surface area contributed by atoms with E-state index in [0.29, 0.717) is 24.8 Å². The van der Waals surface area contributed by atoms with Gasteiger partial charge in [0.2, 0.25) is 5.91 Å². The third kappa shape index (κ3) is 4.02. The van der Waals surface area contributed by atoms with Crippen molar-refractivity contribution < 1.29 is 14.3 Å². The van der Waals surface area contributed by atoms with E-state index in [4.69, 9.17) is 4.74 Å². The molecule has 0 bridgehead atoms. The van der Waals surface area contributed by atoms with Crippen LogP contribution in [0.25, 0.3) is 10.2 Å². The molecule has 146 valence electrons. The lowest BCUT2D eigenvalue weighted by Crippen LogP contribution is -2.43. The van der Waals surface area contributed by atoms with E-state index in [1.165, 1.54) is 22.7 Å². The predicted octanol–water partition coefficient (Wildman–Crippen LogP) is 4.25. The zero-order chi connectivity index (χ0) is 19.5. The number of piperidine rings is 1. The maximum atomic E-state index is 12.8. The fourth-order valence-electron chi connectivity index (χ4n) is 3.35. The van der Waals surface area contributed by atoms with Gasteiger partial charge < -0.3 is 15.0 Å². The van der Waals surface area contributed by atoms with Crippen LogP contribution in [0.5, 0.6) is 5.75 Å². The van der Waals surface area contributed by atoms with Crippen LogP contribution in [-0.4, -0.2) is 41.4 Å². The average Bonchev–Trinajstić information content (AvgIpc) is 3.37. The summed E-state index contributed by atoms with van der Waals surface area (Å²) < 4.78 is 6.49. The van der Waals surface area contributed by atoms with E-state index in [9.17, 15) is 9.59 Å². The summed E-state index contributed by atoms with van der Waals surface area (Å²) in [7, 11) is 0. The lowest BCUT2D eigenvalue weighted by atomic mass is 9.97. The number of fused-ring (bicyclic) bond motifs is 1. The average molecular weight is 416 g/mol. The van der Waals surface area contributed by atoms with Gasteiger partial charge >= 0.3 is 0 Å². The molecule has 3 aromatic rings. The Bertz CT molecular complexity index is 984. The van der Waals surface area contributed by atoms with Crippen molar-refractivity contribution in [1.82, 2.24) is 9.88 Å². The Morgan fingerprint density at radius 1 is 1.36 bits per heavy atom. The maximum absolute atomic E-state index is 12.8. The number of nitrogens with zero attached hydrogens (tertiary/aromatic N) is 2. The number of nitrogens with one attached hydrogen (secondary N) is 1. The van der Waals surface area contributed by atoms with E-state index in [1.54, 1.807) is 4.90 Å². The van der Waals surface area contributed by atoms with Gasteiger partial charge in [-0.05, 0) is 49.4 Å². The van der Waals surface area contributed by atoms with E-state index < -0.39 is 0 Å². The number of thiazole rings is 1. The number of hydrogen-bond acceptors (Lipinski definition) is 6. The summed E-state index contributed by atoms with van der Waals surface area (Å²) in [6.07, 6.45) is 1.60. The molecule has 3 heterocycles. The minimum Gasteiger partial charge on any atom is -0.494 e. The number of amides is 2. The summed E-state index contributed by atoms with van der Waals surface area (Å²) in [5, 5.41) is 5.41. The number of ether oxygens (including phenoxy) is 1. The molecule has 0 radical (unpaired) electrons. The second-order valence-electron chi connectivity index (χ2n) is 6.64. The molecule has 1 N–H and O–H groups in total. The molecule has 0 aliphatic carbocycles. The fourth-order valence-corrected chi connectivity index (χ4v) is 4.94. The molecule has 0 unspecified atom stereocenters. The molecule has 2 amide bonds. The Hall–Kier alpha value is -2.45. The number of benzene rings is 1. The lowest BCUT2D eigenvalue weighted by molar-refractivity contribution is -0.121. The molecule has 1 aromatic carbocycles. The molecule has 4 rings (SSSR count). The topological polar surface area (TPSA) is 71.5 Å². The van der Waals surface area contributed by atoms with Crippen molar-refractivity contribution in [2.75, 3.05) is 25.0 Å². The number of carbonyl (C=O) groups excluding carboxylic acids is 2. The zero-order valence-corrected chi connectivity index (χ0v) is 17.1. The Morgan fingerprint density at radius 2 is 2.25 bits per heavy atom. The highest BCUT2D eigenvalue weighted by atomic mass is 32.1. The number of carbonyl (C=O) groups is 2. The number of aromatic nitrogens is 1. The highest BCUT2D eigenvalue weighted by molar-refractivity contribution is 7.22. The van der Waals surface area contributed by atoms with Gasteiger partial charge in [0.15, 0.2) is 5.13 Å². The monoisotopic (exact) mass is 415 g/mol. The molecular weight excluding hydrogens is 394 g/mol. The molecule has 1 atom stereocenters. The summed E-state index contributed by atoms with van der Waals surface area (Å²) in [4.78, 5) is 32.3. The van der Waals surface area contributed by atoms with Crippen molar-refractivity contribution in [3.63, 3.8) is 0 Å². The van der Waals surface area contributed by atoms with Crippen LogP contribution in [0.15, 0.2) is 35.7 Å². The van der Waals surface area contributed by atoms with Crippen molar-refractivity contribution in [2.24, 2.45) is 5.92 Å². The second kappa shape index (κ2) is 8.28. The second-order valence-corrected chi connectivity index (χ2v) is 8.62.